The lowest BCUT2D eigenvalue weighted by molar-refractivity contribution is 0.127. The summed E-state index contributed by atoms with van der Waals surface area (Å²) in [5.41, 5.74) is 4.92. The summed E-state index contributed by atoms with van der Waals surface area (Å²) < 4.78 is 20.2. The van der Waals surface area contributed by atoms with Gasteiger partial charge in [-0.15, -0.1) is 0 Å². The molecule has 0 N–H and O–H groups in total. The largest absolute Gasteiger partial charge is 0.384 e. The minimum absolute atomic E-state index is 0.00304. The second-order valence-electron chi connectivity index (χ2n) is 10.8. The minimum atomic E-state index is -0.00304. The highest BCUT2D eigenvalue weighted by Gasteiger charge is 2.24. The number of rotatable bonds is 9. The molecule has 0 aromatic heterocycles. The Kier molecular flexibility index (Phi) is 9.01. The molecule has 2 saturated carbocycles. The smallest absolute Gasteiger partial charge is 0.126 e. The van der Waals surface area contributed by atoms with Crippen molar-refractivity contribution in [1.29, 1.82) is 0 Å². The maximum absolute atomic E-state index is 14.9. The van der Waals surface area contributed by atoms with Crippen molar-refractivity contribution in [1.82, 2.24) is 0 Å². The van der Waals surface area contributed by atoms with Crippen LogP contribution in [-0.4, -0.2) is 13.7 Å². The maximum atomic E-state index is 14.9. The van der Waals surface area contributed by atoms with E-state index in [2.05, 4.69) is 43.3 Å². The van der Waals surface area contributed by atoms with Crippen LogP contribution < -0.4 is 0 Å². The van der Waals surface area contributed by atoms with Crippen LogP contribution in [-0.2, 0) is 17.6 Å². The molecular weight excluding hydrogens is 407 g/mol. The predicted octanol–water partition coefficient (Wildman–Crippen LogP) is 8.61. The highest BCUT2D eigenvalue weighted by atomic mass is 19.1. The first-order valence-electron chi connectivity index (χ1n) is 13.5. The summed E-state index contributed by atoms with van der Waals surface area (Å²) in [5, 5.41) is 0. The van der Waals surface area contributed by atoms with Gasteiger partial charge < -0.3 is 4.74 Å². The molecule has 0 unspecified atom stereocenters. The number of benzene rings is 2. The maximum Gasteiger partial charge on any atom is 0.126 e. The predicted molar refractivity (Wildman–Crippen MR) is 136 cm³/mol. The summed E-state index contributed by atoms with van der Waals surface area (Å²) in [7, 11) is 1.78. The Morgan fingerprint density at radius 2 is 1.36 bits per heavy atom. The summed E-state index contributed by atoms with van der Waals surface area (Å²) in [5.74, 6) is 2.73. The third kappa shape index (κ3) is 6.69. The molecule has 2 heteroatoms. The summed E-state index contributed by atoms with van der Waals surface area (Å²) >= 11 is 0. The van der Waals surface area contributed by atoms with Crippen LogP contribution in [0.5, 0.6) is 0 Å². The van der Waals surface area contributed by atoms with Crippen LogP contribution in [0.4, 0.5) is 4.39 Å². The molecule has 0 amide bonds. The summed E-state index contributed by atoms with van der Waals surface area (Å²) in [6.07, 6.45) is 14.6. The quantitative estimate of drug-likeness (QED) is 0.371. The highest BCUT2D eigenvalue weighted by molar-refractivity contribution is 5.30. The first kappa shape index (κ1) is 24.5. The van der Waals surface area contributed by atoms with E-state index < -0.39 is 0 Å². The fourth-order valence-corrected chi connectivity index (χ4v) is 6.37. The minimum Gasteiger partial charge on any atom is -0.384 e. The third-order valence-electron chi connectivity index (χ3n) is 8.45. The first-order chi connectivity index (χ1) is 16.2. The van der Waals surface area contributed by atoms with Crippen molar-refractivity contribution in [2.45, 2.75) is 95.8 Å². The highest BCUT2D eigenvalue weighted by Crippen LogP contribution is 2.38. The summed E-state index contributed by atoms with van der Waals surface area (Å²) in [4.78, 5) is 0. The zero-order valence-electron chi connectivity index (χ0n) is 20.8. The van der Waals surface area contributed by atoms with Gasteiger partial charge in [-0.05, 0) is 116 Å². The molecule has 1 nitrogen and oxygen atoms in total. The molecular formula is C31H43FO. The Labute approximate surface area is 201 Å². The van der Waals surface area contributed by atoms with Gasteiger partial charge in [0.25, 0.3) is 0 Å². The molecule has 0 radical (unpaired) electrons. The zero-order chi connectivity index (χ0) is 23.0. The number of halogens is 1. The van der Waals surface area contributed by atoms with Gasteiger partial charge in [0, 0.05) is 13.7 Å². The number of hydrogen-bond donors (Lipinski definition) is 0. The van der Waals surface area contributed by atoms with Crippen molar-refractivity contribution in [3.05, 3.63) is 70.5 Å². The molecule has 2 aromatic rings. The van der Waals surface area contributed by atoms with Gasteiger partial charge in [0.1, 0.15) is 5.82 Å². The second kappa shape index (κ2) is 12.2. The molecule has 2 aliphatic carbocycles. The van der Waals surface area contributed by atoms with Crippen molar-refractivity contribution in [2.24, 2.45) is 11.8 Å². The van der Waals surface area contributed by atoms with E-state index in [1.54, 1.807) is 13.2 Å². The van der Waals surface area contributed by atoms with E-state index in [0.29, 0.717) is 11.8 Å². The molecule has 180 valence electrons. The Morgan fingerprint density at radius 1 is 0.758 bits per heavy atom. The average molecular weight is 451 g/mol. The van der Waals surface area contributed by atoms with E-state index >= 15 is 0 Å². The normalized spacial score (nSPS) is 25.8. The van der Waals surface area contributed by atoms with Gasteiger partial charge in [0.15, 0.2) is 0 Å². The number of ether oxygens (including phenoxy) is 1. The van der Waals surface area contributed by atoms with Crippen molar-refractivity contribution in [2.75, 3.05) is 13.7 Å². The molecule has 0 bridgehead atoms. The second-order valence-corrected chi connectivity index (χ2v) is 10.8. The monoisotopic (exact) mass is 450 g/mol. The topological polar surface area (TPSA) is 9.23 Å². The molecule has 0 saturated heterocycles. The van der Waals surface area contributed by atoms with Crippen LogP contribution in [0.1, 0.15) is 105 Å². The number of aryl methyl sites for hydroxylation is 2. The lowest BCUT2D eigenvalue weighted by atomic mass is 9.77. The van der Waals surface area contributed by atoms with E-state index in [1.807, 2.05) is 0 Å². The Hall–Kier alpha value is -1.67. The van der Waals surface area contributed by atoms with Crippen LogP contribution in [0.2, 0.25) is 0 Å². The van der Waals surface area contributed by atoms with Gasteiger partial charge in [0.05, 0.1) is 0 Å². The molecule has 33 heavy (non-hydrogen) atoms. The summed E-state index contributed by atoms with van der Waals surface area (Å²) in [6.45, 7) is 3.15. The zero-order valence-corrected chi connectivity index (χ0v) is 20.8. The van der Waals surface area contributed by atoms with Crippen molar-refractivity contribution in [3.63, 3.8) is 0 Å². The molecule has 2 aromatic carbocycles. The van der Waals surface area contributed by atoms with Gasteiger partial charge in [0.2, 0.25) is 0 Å². The van der Waals surface area contributed by atoms with E-state index in [9.17, 15) is 4.39 Å². The van der Waals surface area contributed by atoms with E-state index in [1.165, 1.54) is 49.7 Å². The van der Waals surface area contributed by atoms with Gasteiger partial charge in [-0.25, -0.2) is 4.39 Å². The van der Waals surface area contributed by atoms with Gasteiger partial charge in [-0.2, -0.15) is 0 Å². The van der Waals surface area contributed by atoms with Crippen molar-refractivity contribution in [3.8, 4) is 0 Å². The van der Waals surface area contributed by atoms with Crippen LogP contribution in [0, 0.1) is 17.7 Å². The molecule has 4 rings (SSSR count). The fourth-order valence-electron chi connectivity index (χ4n) is 6.37. The van der Waals surface area contributed by atoms with Crippen LogP contribution >= 0.6 is 0 Å². The molecule has 0 spiro atoms. The number of methoxy groups -OCH3 is 1. The van der Waals surface area contributed by atoms with Gasteiger partial charge in [-0.1, -0.05) is 56.2 Å². The number of hydrogen-bond acceptors (Lipinski definition) is 1. The van der Waals surface area contributed by atoms with Gasteiger partial charge in [-0.3, -0.25) is 0 Å². The lowest BCUT2D eigenvalue weighted by Crippen LogP contribution is -2.17. The van der Waals surface area contributed by atoms with E-state index in [-0.39, 0.29) is 5.82 Å². The average Bonchev–Trinajstić information content (AvgIpc) is 2.85. The molecule has 0 heterocycles. The lowest BCUT2D eigenvalue weighted by Gasteiger charge is -2.28. The Bertz CT molecular complexity index is 842. The van der Waals surface area contributed by atoms with Gasteiger partial charge >= 0.3 is 0 Å². The SMILES string of the molecule is CCCC1CCC(c2ccc(CCc3ccc(C4CCC(COC)CC4)c(F)c3)cc2)CC1. The van der Waals surface area contributed by atoms with Crippen molar-refractivity contribution >= 4 is 0 Å². The van der Waals surface area contributed by atoms with E-state index in [4.69, 9.17) is 4.74 Å². The fraction of sp³-hybridized carbons (Fsp3) is 0.613. The van der Waals surface area contributed by atoms with Crippen LogP contribution in [0.15, 0.2) is 42.5 Å². The first-order valence-corrected chi connectivity index (χ1v) is 13.5. The van der Waals surface area contributed by atoms with E-state index in [0.717, 1.165) is 68.1 Å². The molecule has 0 aliphatic heterocycles. The standard InChI is InChI=1S/C31H43FO/c1-3-4-23-7-14-27(15-8-23)28-16-9-24(10-17-28)5-6-25-13-20-30(31(32)21-25)29-18-11-26(12-19-29)22-33-2/h9-10,13,16-17,20-21,23,26-27,29H,3-8,11-12,14-15,18-19,22H2,1-2H3. The van der Waals surface area contributed by atoms with Crippen molar-refractivity contribution < 1.29 is 9.13 Å². The molecule has 2 fully saturated rings. The molecule has 2 aliphatic rings. The third-order valence-corrected chi connectivity index (χ3v) is 8.45. The molecule has 0 atom stereocenters. The van der Waals surface area contributed by atoms with Crippen LogP contribution in [0.3, 0.4) is 0 Å². The Balaban J connectivity index is 1.27. The Morgan fingerprint density at radius 3 is 2.00 bits per heavy atom. The van der Waals surface area contributed by atoms with Crippen LogP contribution in [0.25, 0.3) is 0 Å². The summed E-state index contributed by atoms with van der Waals surface area (Å²) in [6, 6.07) is 15.3.